The Hall–Kier alpha value is -5.66. The van der Waals surface area contributed by atoms with E-state index in [0.29, 0.717) is 0 Å². The summed E-state index contributed by atoms with van der Waals surface area (Å²) in [5.74, 6) is 0.208. The molecule has 0 radical (unpaired) electrons. The highest BCUT2D eigenvalue weighted by Crippen LogP contribution is 2.45. The maximum absolute atomic E-state index is 4.24. The molecule has 1 aliphatic carbocycles. The van der Waals surface area contributed by atoms with E-state index < -0.39 is 0 Å². The number of hydrogen-bond acceptors (Lipinski definition) is 0. The van der Waals surface area contributed by atoms with E-state index in [4.69, 9.17) is 0 Å². The summed E-state index contributed by atoms with van der Waals surface area (Å²) in [6.45, 7) is 14.3. The van der Waals surface area contributed by atoms with E-state index in [1.807, 2.05) is 45.9 Å². The van der Waals surface area contributed by atoms with Gasteiger partial charge in [-0.05, 0) is 65.1 Å². The molecule has 1 aliphatic rings. The molecule has 0 N–H and O–H groups in total. The van der Waals surface area contributed by atoms with Crippen molar-refractivity contribution in [2.24, 2.45) is 0 Å². The summed E-state index contributed by atoms with van der Waals surface area (Å²) in [6, 6.07) is 50.5. The number of fused-ring (bicyclic) bond motifs is 10. The average molecular weight is 664 g/mol. The first-order chi connectivity index (χ1) is 25.2. The van der Waals surface area contributed by atoms with E-state index >= 15 is 0 Å². The summed E-state index contributed by atoms with van der Waals surface area (Å²) in [5, 5.41) is 10.4. The number of allylic oxidation sites excluding steroid dienone is 5. The van der Waals surface area contributed by atoms with Crippen molar-refractivity contribution < 1.29 is 0 Å². The van der Waals surface area contributed by atoms with Gasteiger partial charge in [0.1, 0.15) is 0 Å². The molecule has 1 atom stereocenters. The van der Waals surface area contributed by atoms with Gasteiger partial charge in [0.15, 0.2) is 0 Å². The van der Waals surface area contributed by atoms with Crippen LogP contribution in [0.25, 0.3) is 59.8 Å². The van der Waals surface area contributed by atoms with E-state index in [1.165, 1.54) is 76.5 Å². The Kier molecular flexibility index (Phi) is 11.3. The summed E-state index contributed by atoms with van der Waals surface area (Å²) >= 11 is 0. The molecule has 51 heavy (non-hydrogen) atoms. The Morgan fingerprint density at radius 2 is 1.27 bits per heavy atom. The third-order valence-electron chi connectivity index (χ3n) is 9.64. The van der Waals surface area contributed by atoms with Crippen LogP contribution < -0.4 is 0 Å². The fraction of sp³-hybridized carbons (Fsp3) is 0.160. The number of para-hydroxylation sites is 1. The van der Waals surface area contributed by atoms with Crippen LogP contribution in [0.15, 0.2) is 176 Å². The largest absolute Gasteiger partial charge is 0.309 e. The molecule has 0 amide bonds. The molecule has 0 bridgehead atoms. The molecule has 1 heteroatoms. The van der Waals surface area contributed by atoms with Crippen LogP contribution in [-0.4, -0.2) is 4.57 Å². The molecule has 1 unspecified atom stereocenters. The first kappa shape index (κ1) is 35.2. The number of aromatic nitrogens is 1. The standard InChI is InChI=1S/C39H29N.C7H8.2C2H6/c1-2-30(26-13-4-3-5-14-26)28-16-12-17-29(25-28)40-36-22-11-10-21-35(36)38-37-31-18-7-6-15-27(31)23-24-33(37)32-19-8-9-20-34(32)39(38)40;1-7-5-3-2-4-6-7;2*1-2/h2-4,6-13,15-25,30H,1,5,14H2;2-6H,1H3;2*1-2H3. The van der Waals surface area contributed by atoms with Gasteiger partial charge in [-0.15, -0.1) is 6.58 Å². The summed E-state index contributed by atoms with van der Waals surface area (Å²) in [4.78, 5) is 0. The normalized spacial score (nSPS) is 12.7. The van der Waals surface area contributed by atoms with Gasteiger partial charge in [0, 0.05) is 33.2 Å². The Morgan fingerprint density at radius 1 is 0.608 bits per heavy atom. The van der Waals surface area contributed by atoms with E-state index in [-0.39, 0.29) is 5.92 Å². The number of nitrogens with zero attached hydrogens (tertiary/aromatic N) is 1. The van der Waals surface area contributed by atoms with Crippen molar-refractivity contribution in [1.29, 1.82) is 0 Å². The minimum absolute atomic E-state index is 0.208. The molecule has 0 spiro atoms. The minimum Gasteiger partial charge on any atom is -0.309 e. The molecule has 8 aromatic rings. The van der Waals surface area contributed by atoms with Crippen molar-refractivity contribution in [3.05, 3.63) is 187 Å². The molecule has 0 saturated carbocycles. The van der Waals surface area contributed by atoms with Gasteiger partial charge in [0.05, 0.1) is 11.0 Å². The second-order valence-electron chi connectivity index (χ2n) is 12.5. The van der Waals surface area contributed by atoms with E-state index in [2.05, 4.69) is 164 Å². The molecule has 9 rings (SSSR count). The van der Waals surface area contributed by atoms with E-state index in [9.17, 15) is 0 Å². The lowest BCUT2D eigenvalue weighted by Gasteiger charge is -2.20. The Balaban J connectivity index is 0.000000358. The molecule has 1 heterocycles. The number of hydrogen-bond donors (Lipinski definition) is 0. The fourth-order valence-electron chi connectivity index (χ4n) is 7.48. The fourth-order valence-corrected chi connectivity index (χ4v) is 7.48. The number of aryl methyl sites for hydroxylation is 1. The zero-order valence-electron chi connectivity index (χ0n) is 30.7. The Morgan fingerprint density at radius 3 is 1.96 bits per heavy atom. The second kappa shape index (κ2) is 16.4. The SMILES string of the molecule is C=CC(C1=CC=CCC1)c1cccc(-n2c3ccccc3c3c4c5ccccc5ccc4c4ccccc4c32)c1.CC.CC.Cc1ccccc1. The molecule has 0 saturated heterocycles. The van der Waals surface area contributed by atoms with Gasteiger partial charge in [-0.1, -0.05) is 184 Å². The summed E-state index contributed by atoms with van der Waals surface area (Å²) in [7, 11) is 0. The quantitative estimate of drug-likeness (QED) is 0.130. The van der Waals surface area contributed by atoms with Crippen LogP contribution in [0.3, 0.4) is 0 Å². The van der Waals surface area contributed by atoms with Gasteiger partial charge in [0.2, 0.25) is 0 Å². The molecular weight excluding hydrogens is 615 g/mol. The van der Waals surface area contributed by atoms with Crippen LogP contribution >= 0.6 is 0 Å². The highest BCUT2D eigenvalue weighted by atomic mass is 15.0. The molecule has 0 aliphatic heterocycles. The molecule has 1 nitrogen and oxygen atoms in total. The Bertz CT molecular complexity index is 2490. The molecular formula is C50H49N. The smallest absolute Gasteiger partial charge is 0.0626 e. The van der Waals surface area contributed by atoms with Gasteiger partial charge in [-0.2, -0.15) is 0 Å². The highest BCUT2D eigenvalue weighted by Gasteiger charge is 2.21. The lowest BCUT2D eigenvalue weighted by atomic mass is 9.86. The van der Waals surface area contributed by atoms with Gasteiger partial charge >= 0.3 is 0 Å². The van der Waals surface area contributed by atoms with Crippen LogP contribution in [0.2, 0.25) is 0 Å². The van der Waals surface area contributed by atoms with Crippen molar-refractivity contribution >= 4 is 54.1 Å². The van der Waals surface area contributed by atoms with E-state index in [0.717, 1.165) is 12.8 Å². The maximum Gasteiger partial charge on any atom is 0.0626 e. The second-order valence-corrected chi connectivity index (χ2v) is 12.5. The zero-order valence-corrected chi connectivity index (χ0v) is 30.7. The molecule has 254 valence electrons. The maximum atomic E-state index is 4.24. The van der Waals surface area contributed by atoms with Crippen molar-refractivity contribution in [2.75, 3.05) is 0 Å². The number of benzene rings is 7. The predicted molar refractivity (Wildman–Crippen MR) is 227 cm³/mol. The topological polar surface area (TPSA) is 4.93 Å². The van der Waals surface area contributed by atoms with Crippen LogP contribution in [0.5, 0.6) is 0 Å². The third kappa shape index (κ3) is 6.77. The van der Waals surface area contributed by atoms with E-state index in [1.54, 1.807) is 0 Å². The molecule has 0 fully saturated rings. The van der Waals surface area contributed by atoms with Crippen LogP contribution in [0, 0.1) is 6.92 Å². The summed E-state index contributed by atoms with van der Waals surface area (Å²) < 4.78 is 2.49. The molecule has 1 aromatic heterocycles. The molecule has 7 aromatic carbocycles. The summed E-state index contributed by atoms with van der Waals surface area (Å²) in [5.41, 5.74) is 7.73. The van der Waals surface area contributed by atoms with Gasteiger partial charge in [-0.25, -0.2) is 0 Å². The minimum atomic E-state index is 0.208. The first-order valence-corrected chi connectivity index (χ1v) is 18.6. The Labute approximate surface area is 303 Å². The summed E-state index contributed by atoms with van der Waals surface area (Å²) in [6.07, 6.45) is 11.0. The highest BCUT2D eigenvalue weighted by molar-refractivity contribution is 6.36. The average Bonchev–Trinajstić information content (AvgIpc) is 3.56. The number of rotatable bonds is 4. The van der Waals surface area contributed by atoms with Crippen molar-refractivity contribution in [1.82, 2.24) is 4.57 Å². The lowest BCUT2D eigenvalue weighted by Crippen LogP contribution is -2.03. The van der Waals surface area contributed by atoms with Gasteiger partial charge < -0.3 is 4.57 Å². The zero-order chi connectivity index (χ0) is 35.7. The lowest BCUT2D eigenvalue weighted by molar-refractivity contribution is 0.851. The van der Waals surface area contributed by atoms with Crippen LogP contribution in [-0.2, 0) is 0 Å². The predicted octanol–water partition coefficient (Wildman–Crippen LogP) is 14.8. The first-order valence-electron chi connectivity index (χ1n) is 18.6. The third-order valence-corrected chi connectivity index (χ3v) is 9.64. The van der Waals surface area contributed by atoms with Gasteiger partial charge in [0.25, 0.3) is 0 Å². The van der Waals surface area contributed by atoms with Crippen LogP contribution in [0.1, 0.15) is 57.6 Å². The monoisotopic (exact) mass is 663 g/mol. The van der Waals surface area contributed by atoms with Gasteiger partial charge in [-0.3, -0.25) is 0 Å². The van der Waals surface area contributed by atoms with Crippen molar-refractivity contribution in [3.63, 3.8) is 0 Å². The van der Waals surface area contributed by atoms with Crippen molar-refractivity contribution in [2.45, 2.75) is 53.4 Å². The van der Waals surface area contributed by atoms with Crippen LogP contribution in [0.4, 0.5) is 0 Å². The van der Waals surface area contributed by atoms with Crippen molar-refractivity contribution in [3.8, 4) is 5.69 Å².